The average molecular weight is 479 g/mol. The van der Waals surface area contributed by atoms with Gasteiger partial charge in [0, 0.05) is 10.0 Å². The first kappa shape index (κ1) is 20.8. The SMILES string of the molecule is COc1ccccc1NS(=O)(=O)c1cccc(C(=O)Nc2ccc(Br)cc2F)c1. The lowest BCUT2D eigenvalue weighted by Crippen LogP contribution is -2.16. The lowest BCUT2D eigenvalue weighted by atomic mass is 10.2. The van der Waals surface area contributed by atoms with Crippen molar-refractivity contribution < 1.29 is 22.3 Å². The highest BCUT2D eigenvalue weighted by Crippen LogP contribution is 2.26. The third-order valence-corrected chi connectivity index (χ3v) is 5.79. The molecular weight excluding hydrogens is 463 g/mol. The van der Waals surface area contributed by atoms with E-state index in [0.29, 0.717) is 10.2 Å². The number of hydrogen-bond donors (Lipinski definition) is 2. The van der Waals surface area contributed by atoms with Crippen LogP contribution in [0.25, 0.3) is 0 Å². The van der Waals surface area contributed by atoms with Gasteiger partial charge in [-0.1, -0.05) is 34.1 Å². The molecular formula is C20H16BrFN2O4S. The molecule has 0 aliphatic heterocycles. The number of anilines is 2. The summed E-state index contributed by atoms with van der Waals surface area (Å²) in [6.07, 6.45) is 0. The van der Waals surface area contributed by atoms with Crippen molar-refractivity contribution >= 4 is 43.2 Å². The summed E-state index contributed by atoms with van der Waals surface area (Å²) in [4.78, 5) is 12.3. The largest absolute Gasteiger partial charge is 0.495 e. The Morgan fingerprint density at radius 2 is 1.76 bits per heavy atom. The number of nitrogens with one attached hydrogen (secondary N) is 2. The van der Waals surface area contributed by atoms with Gasteiger partial charge in [-0.3, -0.25) is 9.52 Å². The molecule has 0 saturated carbocycles. The summed E-state index contributed by atoms with van der Waals surface area (Å²) in [5, 5.41) is 2.43. The molecule has 0 unspecified atom stereocenters. The van der Waals surface area contributed by atoms with Gasteiger partial charge >= 0.3 is 0 Å². The van der Waals surface area contributed by atoms with Crippen molar-refractivity contribution in [3.63, 3.8) is 0 Å². The second-order valence-corrected chi connectivity index (χ2v) is 8.51. The van der Waals surface area contributed by atoms with E-state index in [0.717, 1.165) is 0 Å². The van der Waals surface area contributed by atoms with Gasteiger partial charge in [-0.15, -0.1) is 0 Å². The quantitative estimate of drug-likeness (QED) is 0.539. The van der Waals surface area contributed by atoms with Crippen molar-refractivity contribution in [3.05, 3.63) is 82.6 Å². The van der Waals surface area contributed by atoms with Crippen molar-refractivity contribution in [1.82, 2.24) is 0 Å². The Labute approximate surface area is 175 Å². The second kappa shape index (κ2) is 8.62. The molecule has 0 aromatic heterocycles. The minimum atomic E-state index is -3.98. The Bertz CT molecular complexity index is 1170. The number of amides is 1. The summed E-state index contributed by atoms with van der Waals surface area (Å²) in [6.45, 7) is 0. The highest BCUT2D eigenvalue weighted by molar-refractivity contribution is 9.10. The van der Waals surface area contributed by atoms with Crippen LogP contribution in [-0.2, 0) is 10.0 Å². The maximum Gasteiger partial charge on any atom is 0.262 e. The molecule has 150 valence electrons. The summed E-state index contributed by atoms with van der Waals surface area (Å²) in [5.74, 6) is -0.898. The summed E-state index contributed by atoms with van der Waals surface area (Å²) in [7, 11) is -2.55. The lowest BCUT2D eigenvalue weighted by molar-refractivity contribution is 0.102. The Balaban J connectivity index is 1.85. The molecule has 29 heavy (non-hydrogen) atoms. The Morgan fingerprint density at radius 3 is 2.48 bits per heavy atom. The van der Waals surface area contributed by atoms with Gasteiger partial charge in [0.25, 0.3) is 15.9 Å². The molecule has 1 amide bonds. The van der Waals surface area contributed by atoms with Gasteiger partial charge in [-0.25, -0.2) is 12.8 Å². The molecule has 0 aliphatic carbocycles. The van der Waals surface area contributed by atoms with Crippen LogP contribution in [0.15, 0.2) is 76.1 Å². The van der Waals surface area contributed by atoms with Gasteiger partial charge in [0.15, 0.2) is 0 Å². The van der Waals surface area contributed by atoms with E-state index >= 15 is 0 Å². The van der Waals surface area contributed by atoms with Gasteiger partial charge < -0.3 is 10.1 Å². The number of halogens is 2. The summed E-state index contributed by atoms with van der Waals surface area (Å²) in [5.41, 5.74) is 0.315. The third-order valence-electron chi connectivity index (χ3n) is 3.94. The van der Waals surface area contributed by atoms with Crippen LogP contribution in [0.2, 0.25) is 0 Å². The number of benzene rings is 3. The molecule has 2 N–H and O–H groups in total. The van der Waals surface area contributed by atoms with Crippen LogP contribution in [0.3, 0.4) is 0 Å². The van der Waals surface area contributed by atoms with Crippen molar-refractivity contribution in [3.8, 4) is 5.75 Å². The van der Waals surface area contributed by atoms with Crippen molar-refractivity contribution in [2.24, 2.45) is 0 Å². The minimum absolute atomic E-state index is 0.0152. The zero-order valence-electron chi connectivity index (χ0n) is 15.1. The lowest BCUT2D eigenvalue weighted by Gasteiger charge is -2.12. The molecule has 0 heterocycles. The van der Waals surface area contributed by atoms with E-state index in [2.05, 4.69) is 26.0 Å². The number of carbonyl (C=O) groups excluding carboxylic acids is 1. The first-order valence-electron chi connectivity index (χ1n) is 8.32. The zero-order chi connectivity index (χ0) is 21.0. The monoisotopic (exact) mass is 478 g/mol. The van der Waals surface area contributed by atoms with E-state index in [9.17, 15) is 17.6 Å². The summed E-state index contributed by atoms with van der Waals surface area (Å²) in [6, 6.07) is 16.2. The molecule has 3 rings (SSSR count). The molecule has 0 saturated heterocycles. The van der Waals surface area contributed by atoms with E-state index < -0.39 is 21.7 Å². The fourth-order valence-corrected chi connectivity index (χ4v) is 3.97. The van der Waals surface area contributed by atoms with Crippen molar-refractivity contribution in [2.45, 2.75) is 4.90 Å². The second-order valence-electron chi connectivity index (χ2n) is 5.91. The van der Waals surface area contributed by atoms with Gasteiger partial charge in [0.05, 0.1) is 23.4 Å². The number of sulfonamides is 1. The Hall–Kier alpha value is -2.91. The van der Waals surface area contributed by atoms with E-state index in [4.69, 9.17) is 4.74 Å². The third kappa shape index (κ3) is 4.93. The van der Waals surface area contributed by atoms with Gasteiger partial charge in [0.2, 0.25) is 0 Å². The number of hydrogen-bond acceptors (Lipinski definition) is 4. The first-order chi connectivity index (χ1) is 13.8. The van der Waals surface area contributed by atoms with Crippen molar-refractivity contribution in [2.75, 3.05) is 17.1 Å². The molecule has 0 spiro atoms. The van der Waals surface area contributed by atoms with Crippen LogP contribution in [0, 0.1) is 5.82 Å². The van der Waals surface area contributed by atoms with Crippen LogP contribution in [-0.4, -0.2) is 21.4 Å². The van der Waals surface area contributed by atoms with E-state index in [1.165, 1.54) is 43.5 Å². The normalized spacial score (nSPS) is 11.0. The van der Waals surface area contributed by atoms with Crippen LogP contribution >= 0.6 is 15.9 Å². The molecule has 6 nitrogen and oxygen atoms in total. The van der Waals surface area contributed by atoms with Crippen LogP contribution in [0.4, 0.5) is 15.8 Å². The van der Waals surface area contributed by atoms with Crippen LogP contribution in [0.5, 0.6) is 5.75 Å². The molecule has 9 heteroatoms. The molecule has 0 fully saturated rings. The number of ether oxygens (including phenoxy) is 1. The van der Waals surface area contributed by atoms with Gasteiger partial charge in [-0.2, -0.15) is 0 Å². The number of methoxy groups -OCH3 is 1. The van der Waals surface area contributed by atoms with Crippen LogP contribution < -0.4 is 14.8 Å². The molecule has 0 radical (unpaired) electrons. The topological polar surface area (TPSA) is 84.5 Å². The predicted octanol–water partition coefficient (Wildman–Crippen LogP) is 4.65. The summed E-state index contributed by atoms with van der Waals surface area (Å²) >= 11 is 3.14. The minimum Gasteiger partial charge on any atom is -0.495 e. The zero-order valence-corrected chi connectivity index (χ0v) is 17.6. The predicted molar refractivity (Wildman–Crippen MR) is 112 cm³/mol. The standard InChI is InChI=1S/C20H16BrFN2O4S/c1-28-19-8-3-2-7-18(19)24-29(26,27)15-6-4-5-13(11-15)20(25)23-17-10-9-14(21)12-16(17)22/h2-12,24H,1H3,(H,23,25). The van der Waals surface area contributed by atoms with Crippen LogP contribution in [0.1, 0.15) is 10.4 Å². The highest BCUT2D eigenvalue weighted by atomic mass is 79.9. The maximum atomic E-state index is 13.9. The fraction of sp³-hybridized carbons (Fsp3) is 0.0500. The van der Waals surface area contributed by atoms with E-state index in [1.807, 2.05) is 0 Å². The molecule has 0 atom stereocenters. The molecule has 0 bridgehead atoms. The summed E-state index contributed by atoms with van der Waals surface area (Å²) < 4.78 is 47.5. The first-order valence-corrected chi connectivity index (χ1v) is 10.6. The van der Waals surface area contributed by atoms with E-state index in [-0.39, 0.29) is 21.8 Å². The number of carbonyl (C=O) groups is 1. The molecule has 3 aromatic carbocycles. The average Bonchev–Trinajstić information content (AvgIpc) is 2.70. The highest BCUT2D eigenvalue weighted by Gasteiger charge is 2.19. The number of para-hydroxylation sites is 2. The van der Waals surface area contributed by atoms with Gasteiger partial charge in [0.1, 0.15) is 11.6 Å². The molecule has 3 aromatic rings. The van der Waals surface area contributed by atoms with Crippen molar-refractivity contribution in [1.29, 1.82) is 0 Å². The van der Waals surface area contributed by atoms with E-state index in [1.54, 1.807) is 30.3 Å². The maximum absolute atomic E-state index is 13.9. The smallest absolute Gasteiger partial charge is 0.262 e. The number of rotatable bonds is 6. The molecule has 0 aliphatic rings. The Kier molecular flexibility index (Phi) is 6.19. The Morgan fingerprint density at radius 1 is 1.00 bits per heavy atom. The van der Waals surface area contributed by atoms with Gasteiger partial charge in [-0.05, 0) is 48.5 Å². The fourth-order valence-electron chi connectivity index (χ4n) is 2.52.